The van der Waals surface area contributed by atoms with Crippen molar-refractivity contribution in [3.05, 3.63) is 28.2 Å². The Labute approximate surface area is 125 Å². The molecule has 1 aromatic carbocycles. The monoisotopic (exact) mass is 321 g/mol. The van der Waals surface area contributed by atoms with Gasteiger partial charge in [0.15, 0.2) is 0 Å². The molecule has 0 unspecified atom stereocenters. The molecule has 0 saturated heterocycles. The normalized spacial score (nSPS) is 10.1. The Kier molecular flexibility index (Phi) is 7.05. The van der Waals surface area contributed by atoms with E-state index in [0.717, 1.165) is 0 Å². The largest absolute Gasteiger partial charge is 0.465 e. The highest BCUT2D eigenvalue weighted by molar-refractivity contribution is 8.00. The van der Waals surface area contributed by atoms with Gasteiger partial charge in [-0.05, 0) is 25.1 Å². The highest BCUT2D eigenvalue weighted by Crippen LogP contribution is 2.25. The number of rotatable bonds is 6. The lowest BCUT2D eigenvalue weighted by Crippen LogP contribution is -2.16. The SMILES string of the molecule is CCOC(=O)CSCC(=O)Nc1ccc(Cl)c(Cl)c1. The summed E-state index contributed by atoms with van der Waals surface area (Å²) in [6.07, 6.45) is 0. The van der Waals surface area contributed by atoms with Gasteiger partial charge in [-0.3, -0.25) is 9.59 Å². The van der Waals surface area contributed by atoms with E-state index in [-0.39, 0.29) is 23.4 Å². The average molecular weight is 322 g/mol. The maximum absolute atomic E-state index is 11.6. The minimum Gasteiger partial charge on any atom is -0.465 e. The van der Waals surface area contributed by atoms with Crippen LogP contribution in [0.2, 0.25) is 10.0 Å². The van der Waals surface area contributed by atoms with Gasteiger partial charge in [-0.1, -0.05) is 23.2 Å². The zero-order chi connectivity index (χ0) is 14.3. The van der Waals surface area contributed by atoms with Gasteiger partial charge in [0.2, 0.25) is 5.91 Å². The quantitative estimate of drug-likeness (QED) is 0.817. The molecule has 0 saturated carbocycles. The Morgan fingerprint density at radius 3 is 2.63 bits per heavy atom. The predicted octanol–water partition coefficient (Wildman–Crippen LogP) is 3.23. The molecule has 0 radical (unpaired) electrons. The molecule has 1 aromatic rings. The molecule has 0 atom stereocenters. The van der Waals surface area contributed by atoms with E-state index in [2.05, 4.69) is 5.32 Å². The van der Waals surface area contributed by atoms with E-state index in [9.17, 15) is 9.59 Å². The summed E-state index contributed by atoms with van der Waals surface area (Å²) in [6.45, 7) is 2.08. The summed E-state index contributed by atoms with van der Waals surface area (Å²) in [5.74, 6) is -0.218. The fraction of sp³-hybridized carbons (Fsp3) is 0.333. The third kappa shape index (κ3) is 6.18. The number of ether oxygens (including phenoxy) is 1. The highest BCUT2D eigenvalue weighted by atomic mass is 35.5. The standard InChI is InChI=1S/C12H13Cl2NO3S/c1-2-18-12(17)7-19-6-11(16)15-8-3-4-9(13)10(14)5-8/h3-5H,2,6-7H2,1H3,(H,15,16). The second-order valence-electron chi connectivity index (χ2n) is 3.47. The van der Waals surface area contributed by atoms with Crippen molar-refractivity contribution in [2.75, 3.05) is 23.4 Å². The van der Waals surface area contributed by atoms with Crippen LogP contribution in [-0.2, 0) is 14.3 Å². The lowest BCUT2D eigenvalue weighted by molar-refractivity contribution is -0.139. The number of hydrogen-bond acceptors (Lipinski definition) is 4. The number of anilines is 1. The first-order chi connectivity index (χ1) is 9.02. The smallest absolute Gasteiger partial charge is 0.315 e. The van der Waals surface area contributed by atoms with E-state index in [1.165, 1.54) is 11.8 Å². The predicted molar refractivity (Wildman–Crippen MR) is 79.0 cm³/mol. The minimum atomic E-state index is -0.324. The van der Waals surface area contributed by atoms with Crippen LogP contribution in [0.1, 0.15) is 6.92 Å². The summed E-state index contributed by atoms with van der Waals surface area (Å²) >= 11 is 12.8. The number of thioether (sulfide) groups is 1. The van der Waals surface area contributed by atoms with Crippen molar-refractivity contribution in [1.29, 1.82) is 0 Å². The molecule has 1 rings (SSSR count). The number of carbonyl (C=O) groups excluding carboxylic acids is 2. The summed E-state index contributed by atoms with van der Waals surface area (Å²) in [6, 6.07) is 4.82. The van der Waals surface area contributed by atoms with Gasteiger partial charge in [0.25, 0.3) is 0 Å². The van der Waals surface area contributed by atoms with Gasteiger partial charge in [0.05, 0.1) is 28.2 Å². The maximum Gasteiger partial charge on any atom is 0.315 e. The second kappa shape index (κ2) is 8.30. The number of nitrogens with one attached hydrogen (secondary N) is 1. The molecule has 0 aromatic heterocycles. The van der Waals surface area contributed by atoms with E-state index in [1.807, 2.05) is 0 Å². The number of carbonyl (C=O) groups is 2. The summed E-state index contributed by atoms with van der Waals surface area (Å²) in [4.78, 5) is 22.6. The van der Waals surface area contributed by atoms with Crippen molar-refractivity contribution in [1.82, 2.24) is 0 Å². The van der Waals surface area contributed by atoms with Crippen molar-refractivity contribution >= 4 is 52.5 Å². The molecule has 19 heavy (non-hydrogen) atoms. The van der Waals surface area contributed by atoms with Crippen LogP contribution in [0, 0.1) is 0 Å². The van der Waals surface area contributed by atoms with Gasteiger partial charge in [0, 0.05) is 5.69 Å². The van der Waals surface area contributed by atoms with Crippen LogP contribution >= 0.6 is 35.0 Å². The van der Waals surface area contributed by atoms with Crippen molar-refractivity contribution in [3.8, 4) is 0 Å². The first-order valence-corrected chi connectivity index (χ1v) is 7.42. The number of amides is 1. The topological polar surface area (TPSA) is 55.4 Å². The summed E-state index contributed by atoms with van der Waals surface area (Å²) in [5.41, 5.74) is 0.566. The van der Waals surface area contributed by atoms with Crippen LogP contribution in [0.3, 0.4) is 0 Å². The molecule has 7 heteroatoms. The summed E-state index contributed by atoms with van der Waals surface area (Å²) in [5, 5.41) is 3.46. The zero-order valence-electron chi connectivity index (χ0n) is 10.2. The number of benzene rings is 1. The Balaban J connectivity index is 2.35. The van der Waals surface area contributed by atoms with E-state index in [1.54, 1.807) is 25.1 Å². The lowest BCUT2D eigenvalue weighted by Gasteiger charge is -2.06. The fourth-order valence-electron chi connectivity index (χ4n) is 1.20. The van der Waals surface area contributed by atoms with Gasteiger partial charge in [-0.25, -0.2) is 0 Å². The van der Waals surface area contributed by atoms with Crippen molar-refractivity contribution in [3.63, 3.8) is 0 Å². The van der Waals surface area contributed by atoms with Crippen molar-refractivity contribution < 1.29 is 14.3 Å². The molecule has 0 bridgehead atoms. The third-order valence-corrected chi connectivity index (χ3v) is 3.61. The molecule has 1 amide bonds. The third-order valence-electron chi connectivity index (χ3n) is 1.96. The van der Waals surface area contributed by atoms with Crippen LogP contribution in [-0.4, -0.2) is 30.0 Å². The van der Waals surface area contributed by atoms with Crippen LogP contribution < -0.4 is 5.32 Å². The molecule has 0 aliphatic heterocycles. The number of esters is 1. The molecular weight excluding hydrogens is 309 g/mol. The molecule has 0 spiro atoms. The van der Waals surface area contributed by atoms with Gasteiger partial charge in [-0.2, -0.15) is 0 Å². The van der Waals surface area contributed by atoms with Crippen LogP contribution in [0.4, 0.5) is 5.69 Å². The summed E-state index contributed by atoms with van der Waals surface area (Å²) in [7, 11) is 0. The Bertz CT molecular complexity index is 468. The van der Waals surface area contributed by atoms with E-state index in [4.69, 9.17) is 27.9 Å². The number of hydrogen-bond donors (Lipinski definition) is 1. The Hall–Kier alpha value is -0.910. The van der Waals surface area contributed by atoms with E-state index in [0.29, 0.717) is 22.3 Å². The number of halogens is 2. The molecule has 1 N–H and O–H groups in total. The average Bonchev–Trinajstić information content (AvgIpc) is 2.34. The van der Waals surface area contributed by atoms with Crippen molar-refractivity contribution in [2.45, 2.75) is 6.92 Å². The first kappa shape index (κ1) is 16.1. The van der Waals surface area contributed by atoms with E-state index >= 15 is 0 Å². The molecule has 0 heterocycles. The lowest BCUT2D eigenvalue weighted by atomic mass is 10.3. The van der Waals surface area contributed by atoms with Gasteiger partial charge in [-0.15, -0.1) is 11.8 Å². The molecule has 0 fully saturated rings. The van der Waals surface area contributed by atoms with Gasteiger partial charge < -0.3 is 10.1 Å². The maximum atomic E-state index is 11.6. The van der Waals surface area contributed by atoms with Crippen LogP contribution in [0.25, 0.3) is 0 Å². The zero-order valence-corrected chi connectivity index (χ0v) is 12.6. The summed E-state index contributed by atoms with van der Waals surface area (Å²) < 4.78 is 4.75. The molecule has 104 valence electrons. The van der Waals surface area contributed by atoms with Crippen molar-refractivity contribution in [2.24, 2.45) is 0 Å². The Morgan fingerprint density at radius 2 is 2.00 bits per heavy atom. The second-order valence-corrected chi connectivity index (χ2v) is 5.27. The first-order valence-electron chi connectivity index (χ1n) is 5.51. The molecular formula is C12H13Cl2NO3S. The molecule has 4 nitrogen and oxygen atoms in total. The van der Waals surface area contributed by atoms with Crippen LogP contribution in [0.15, 0.2) is 18.2 Å². The Morgan fingerprint density at radius 1 is 1.26 bits per heavy atom. The van der Waals surface area contributed by atoms with E-state index < -0.39 is 0 Å². The van der Waals surface area contributed by atoms with Crippen LogP contribution in [0.5, 0.6) is 0 Å². The van der Waals surface area contributed by atoms with Gasteiger partial charge >= 0.3 is 5.97 Å². The molecule has 0 aliphatic rings. The highest BCUT2D eigenvalue weighted by Gasteiger charge is 2.07. The fourth-order valence-corrected chi connectivity index (χ4v) is 2.11. The van der Waals surface area contributed by atoms with Gasteiger partial charge in [0.1, 0.15) is 0 Å². The minimum absolute atomic E-state index is 0.155. The molecule has 0 aliphatic carbocycles.